The van der Waals surface area contributed by atoms with Crippen molar-refractivity contribution in [3.63, 3.8) is 0 Å². The lowest BCUT2D eigenvalue weighted by atomic mass is 10.2. The fourth-order valence-corrected chi connectivity index (χ4v) is 2.63. The van der Waals surface area contributed by atoms with Crippen molar-refractivity contribution >= 4 is 17.2 Å². The zero-order chi connectivity index (χ0) is 14.5. The van der Waals surface area contributed by atoms with Gasteiger partial charge >= 0.3 is 0 Å². The van der Waals surface area contributed by atoms with E-state index in [1.807, 2.05) is 36.4 Å². The zero-order valence-electron chi connectivity index (χ0n) is 11.4. The molecule has 0 aliphatic heterocycles. The van der Waals surface area contributed by atoms with E-state index in [9.17, 15) is 0 Å². The second-order valence-electron chi connectivity index (χ2n) is 4.50. The van der Waals surface area contributed by atoms with Crippen molar-refractivity contribution in [2.45, 2.75) is 6.42 Å². The number of aromatic nitrogens is 2. The van der Waals surface area contributed by atoms with Crippen LogP contribution in [-0.4, -0.2) is 16.6 Å². The Morgan fingerprint density at radius 2 is 1.90 bits per heavy atom. The average molecular weight is 297 g/mol. The predicted octanol–water partition coefficient (Wildman–Crippen LogP) is 3.41. The summed E-state index contributed by atoms with van der Waals surface area (Å²) in [5, 5.41) is 2.06. The maximum Gasteiger partial charge on any atom is 0.219 e. The molecule has 0 bridgehead atoms. The summed E-state index contributed by atoms with van der Waals surface area (Å²) in [7, 11) is 0. The van der Waals surface area contributed by atoms with E-state index in [1.165, 1.54) is 4.88 Å². The van der Waals surface area contributed by atoms with Crippen molar-refractivity contribution < 1.29 is 4.74 Å². The fourth-order valence-electron chi connectivity index (χ4n) is 1.94. The lowest BCUT2D eigenvalue weighted by Gasteiger charge is -2.07. The molecule has 106 valence electrons. The highest BCUT2D eigenvalue weighted by molar-refractivity contribution is 7.09. The van der Waals surface area contributed by atoms with Crippen molar-refractivity contribution in [3.05, 3.63) is 58.8 Å². The quantitative estimate of drug-likeness (QED) is 0.784. The molecule has 0 aliphatic carbocycles. The summed E-state index contributed by atoms with van der Waals surface area (Å²) in [5.41, 5.74) is 6.76. The molecule has 0 radical (unpaired) electrons. The highest BCUT2D eigenvalue weighted by Gasteiger charge is 2.06. The van der Waals surface area contributed by atoms with E-state index in [-0.39, 0.29) is 0 Å². The molecule has 0 unspecified atom stereocenters. The van der Waals surface area contributed by atoms with Crippen LogP contribution < -0.4 is 10.5 Å². The van der Waals surface area contributed by atoms with Crippen LogP contribution in [0.25, 0.3) is 11.4 Å². The molecule has 0 aliphatic rings. The largest absolute Gasteiger partial charge is 0.477 e. The van der Waals surface area contributed by atoms with Crippen LogP contribution in [0.15, 0.2) is 53.9 Å². The fraction of sp³-hybridized carbons (Fsp3) is 0.125. The van der Waals surface area contributed by atoms with Gasteiger partial charge in [-0.3, -0.25) is 0 Å². The highest BCUT2D eigenvalue weighted by Crippen LogP contribution is 2.20. The summed E-state index contributed by atoms with van der Waals surface area (Å²) >= 11 is 1.72. The molecule has 0 spiro atoms. The third-order valence-corrected chi connectivity index (χ3v) is 3.87. The van der Waals surface area contributed by atoms with Crippen LogP contribution in [0.2, 0.25) is 0 Å². The van der Waals surface area contributed by atoms with Gasteiger partial charge in [0.05, 0.1) is 6.61 Å². The first kappa shape index (κ1) is 13.6. The number of nitrogens with zero attached hydrogens (tertiary/aromatic N) is 2. The summed E-state index contributed by atoms with van der Waals surface area (Å²) in [5.74, 6) is 1.51. The van der Waals surface area contributed by atoms with Gasteiger partial charge in [-0.2, -0.15) is 4.98 Å². The molecule has 4 nitrogen and oxygen atoms in total. The Bertz CT molecular complexity index is 699. The van der Waals surface area contributed by atoms with Gasteiger partial charge in [-0.05, 0) is 11.4 Å². The maximum absolute atomic E-state index is 5.83. The molecule has 1 aromatic carbocycles. The Morgan fingerprint density at radius 3 is 2.67 bits per heavy atom. The first-order chi connectivity index (χ1) is 10.3. The average Bonchev–Trinajstić information content (AvgIpc) is 3.01. The number of hydrogen-bond donors (Lipinski definition) is 1. The van der Waals surface area contributed by atoms with Crippen LogP contribution in [0.3, 0.4) is 0 Å². The van der Waals surface area contributed by atoms with Crippen LogP contribution in [0.4, 0.5) is 5.82 Å². The normalized spacial score (nSPS) is 10.5. The molecular weight excluding hydrogens is 282 g/mol. The minimum atomic E-state index is 0.412. The van der Waals surface area contributed by atoms with Crippen molar-refractivity contribution in [1.29, 1.82) is 0 Å². The van der Waals surface area contributed by atoms with Crippen molar-refractivity contribution in [1.82, 2.24) is 9.97 Å². The van der Waals surface area contributed by atoms with Gasteiger partial charge in [0, 0.05) is 22.9 Å². The molecule has 2 heterocycles. The summed E-state index contributed by atoms with van der Waals surface area (Å²) < 4.78 is 5.70. The SMILES string of the molecule is Nc1cc(OCCc2cccs2)nc(-c2ccccc2)n1. The molecule has 0 atom stereocenters. The number of thiophene rings is 1. The molecule has 2 N–H and O–H groups in total. The summed E-state index contributed by atoms with van der Waals surface area (Å²) in [6, 6.07) is 15.5. The lowest BCUT2D eigenvalue weighted by Crippen LogP contribution is -2.04. The van der Waals surface area contributed by atoms with E-state index in [0.717, 1.165) is 12.0 Å². The van der Waals surface area contributed by atoms with E-state index >= 15 is 0 Å². The standard InChI is InChI=1S/C16H15N3OS/c17-14-11-15(20-9-8-13-7-4-10-21-13)19-16(18-14)12-5-2-1-3-6-12/h1-7,10-11H,8-9H2,(H2,17,18,19). The highest BCUT2D eigenvalue weighted by atomic mass is 32.1. The number of nitrogens with two attached hydrogens (primary N) is 1. The molecule has 0 saturated heterocycles. The predicted molar refractivity (Wildman–Crippen MR) is 85.4 cm³/mol. The van der Waals surface area contributed by atoms with Crippen LogP contribution >= 0.6 is 11.3 Å². The molecule has 3 rings (SSSR count). The zero-order valence-corrected chi connectivity index (χ0v) is 12.2. The van der Waals surface area contributed by atoms with Crippen molar-refractivity contribution in [3.8, 4) is 17.3 Å². The molecule has 5 heteroatoms. The number of rotatable bonds is 5. The third-order valence-electron chi connectivity index (χ3n) is 2.93. The van der Waals surface area contributed by atoms with Crippen molar-refractivity contribution in [2.75, 3.05) is 12.3 Å². The second-order valence-corrected chi connectivity index (χ2v) is 5.53. The molecule has 3 aromatic rings. The summed E-state index contributed by atoms with van der Waals surface area (Å²) in [6.07, 6.45) is 0.863. The van der Waals surface area contributed by atoms with Crippen LogP contribution in [-0.2, 0) is 6.42 Å². The number of hydrogen-bond acceptors (Lipinski definition) is 5. The molecule has 21 heavy (non-hydrogen) atoms. The molecule has 2 aromatic heterocycles. The monoisotopic (exact) mass is 297 g/mol. The molecule has 0 amide bonds. The minimum Gasteiger partial charge on any atom is -0.477 e. The first-order valence-corrected chi connectivity index (χ1v) is 7.54. The lowest BCUT2D eigenvalue weighted by molar-refractivity contribution is 0.310. The Balaban J connectivity index is 1.72. The maximum atomic E-state index is 5.83. The smallest absolute Gasteiger partial charge is 0.219 e. The third kappa shape index (κ3) is 3.58. The van der Waals surface area contributed by atoms with Gasteiger partial charge in [-0.25, -0.2) is 4.98 Å². The Hall–Kier alpha value is -2.40. The number of benzene rings is 1. The van der Waals surface area contributed by atoms with Gasteiger partial charge in [0.1, 0.15) is 5.82 Å². The Labute approximate surface area is 127 Å². The van der Waals surface area contributed by atoms with Crippen molar-refractivity contribution in [2.24, 2.45) is 0 Å². The Morgan fingerprint density at radius 1 is 1.05 bits per heavy atom. The summed E-state index contributed by atoms with van der Waals surface area (Å²) in [4.78, 5) is 9.96. The van der Waals surface area contributed by atoms with Gasteiger partial charge in [-0.1, -0.05) is 36.4 Å². The minimum absolute atomic E-state index is 0.412. The van der Waals surface area contributed by atoms with Crippen LogP contribution in [0, 0.1) is 0 Å². The Kier molecular flexibility index (Phi) is 4.12. The van der Waals surface area contributed by atoms with Crippen LogP contribution in [0.5, 0.6) is 5.88 Å². The second kappa shape index (κ2) is 6.37. The van der Waals surface area contributed by atoms with E-state index < -0.39 is 0 Å². The molecule has 0 fully saturated rings. The van der Waals surface area contributed by atoms with Crippen LogP contribution in [0.1, 0.15) is 4.88 Å². The molecule has 0 saturated carbocycles. The van der Waals surface area contributed by atoms with E-state index in [0.29, 0.717) is 24.1 Å². The van der Waals surface area contributed by atoms with E-state index in [2.05, 4.69) is 21.4 Å². The topological polar surface area (TPSA) is 61.0 Å². The molecular formula is C16H15N3OS. The number of nitrogen functional groups attached to an aromatic ring is 1. The van der Waals surface area contributed by atoms with Gasteiger partial charge in [0.15, 0.2) is 5.82 Å². The van der Waals surface area contributed by atoms with Gasteiger partial charge in [0.2, 0.25) is 5.88 Å². The van der Waals surface area contributed by atoms with E-state index in [4.69, 9.17) is 10.5 Å². The summed E-state index contributed by atoms with van der Waals surface area (Å²) in [6.45, 7) is 0.575. The van der Waals surface area contributed by atoms with Gasteiger partial charge in [0.25, 0.3) is 0 Å². The number of anilines is 1. The number of ether oxygens (including phenoxy) is 1. The van der Waals surface area contributed by atoms with Gasteiger partial charge < -0.3 is 10.5 Å². The van der Waals surface area contributed by atoms with E-state index in [1.54, 1.807) is 17.4 Å². The van der Waals surface area contributed by atoms with Gasteiger partial charge in [-0.15, -0.1) is 11.3 Å². The first-order valence-electron chi connectivity index (χ1n) is 6.66.